The van der Waals surface area contributed by atoms with Crippen LogP contribution in [0.5, 0.6) is 11.5 Å². The minimum atomic E-state index is 0.692. The van der Waals surface area contributed by atoms with Gasteiger partial charge in [-0.1, -0.05) is 6.07 Å². The molecule has 0 aliphatic rings. The Bertz CT molecular complexity index is 342. The van der Waals surface area contributed by atoms with Crippen LogP contribution >= 0.6 is 12.6 Å². The second-order valence-electron chi connectivity index (χ2n) is 3.49. The normalized spacial score (nSPS) is 10.2. The zero-order valence-corrected chi connectivity index (χ0v) is 10.9. The predicted octanol–water partition coefficient (Wildman–Crippen LogP) is 2.03. The summed E-state index contributed by atoms with van der Waals surface area (Å²) in [5.74, 6) is 2.47. The molecule has 0 fully saturated rings. The average molecular weight is 241 g/mol. The summed E-state index contributed by atoms with van der Waals surface area (Å²) < 4.78 is 10.7. The summed E-state index contributed by atoms with van der Waals surface area (Å²) in [7, 11) is 3.36. The van der Waals surface area contributed by atoms with E-state index in [-0.39, 0.29) is 0 Å². The molecular formula is C12H19NO2S. The molecule has 0 atom stereocenters. The first-order valence-electron chi connectivity index (χ1n) is 5.26. The van der Waals surface area contributed by atoms with Crippen molar-refractivity contribution in [3.63, 3.8) is 0 Å². The van der Waals surface area contributed by atoms with Gasteiger partial charge in [0.1, 0.15) is 11.5 Å². The molecule has 1 aromatic carbocycles. The Kier molecular flexibility index (Phi) is 5.49. The summed E-state index contributed by atoms with van der Waals surface area (Å²) in [6.45, 7) is 2.90. The van der Waals surface area contributed by atoms with Crippen LogP contribution in [0, 0.1) is 6.92 Å². The Hall–Kier alpha value is -0.870. The topological polar surface area (TPSA) is 30.5 Å². The summed E-state index contributed by atoms with van der Waals surface area (Å²) in [5, 5.41) is 3.17. The second kappa shape index (κ2) is 6.66. The third kappa shape index (κ3) is 3.06. The first-order chi connectivity index (χ1) is 7.74. The van der Waals surface area contributed by atoms with Crippen LogP contribution in [0.3, 0.4) is 0 Å². The van der Waals surface area contributed by atoms with E-state index in [2.05, 4.69) is 17.9 Å². The molecule has 0 spiro atoms. The van der Waals surface area contributed by atoms with Crippen LogP contribution in [-0.2, 0) is 6.42 Å². The number of rotatable bonds is 6. The molecule has 0 amide bonds. The van der Waals surface area contributed by atoms with Crippen LogP contribution in [0.4, 0.5) is 0 Å². The van der Waals surface area contributed by atoms with Crippen molar-refractivity contribution in [1.29, 1.82) is 0 Å². The SMILES string of the molecule is COc1ccc(CCNCS)c(OC)c1C. The smallest absolute Gasteiger partial charge is 0.128 e. The van der Waals surface area contributed by atoms with Crippen molar-refractivity contribution in [2.45, 2.75) is 13.3 Å². The van der Waals surface area contributed by atoms with Crippen LogP contribution < -0.4 is 14.8 Å². The molecule has 0 aromatic heterocycles. The van der Waals surface area contributed by atoms with Gasteiger partial charge in [-0.15, -0.1) is 0 Å². The molecule has 1 N–H and O–H groups in total. The van der Waals surface area contributed by atoms with Gasteiger partial charge in [-0.05, 0) is 25.0 Å². The van der Waals surface area contributed by atoms with Crippen LogP contribution in [-0.4, -0.2) is 26.6 Å². The first-order valence-corrected chi connectivity index (χ1v) is 5.89. The largest absolute Gasteiger partial charge is 0.496 e. The fraction of sp³-hybridized carbons (Fsp3) is 0.500. The molecule has 0 unspecified atom stereocenters. The number of thiol groups is 1. The summed E-state index contributed by atoms with van der Waals surface area (Å²) in [5.41, 5.74) is 2.24. The Labute approximate surface area is 103 Å². The Morgan fingerprint density at radius 3 is 2.56 bits per heavy atom. The highest BCUT2D eigenvalue weighted by atomic mass is 32.1. The summed E-state index contributed by atoms with van der Waals surface area (Å²) >= 11 is 4.11. The Morgan fingerprint density at radius 2 is 2.00 bits per heavy atom. The number of benzene rings is 1. The molecular weight excluding hydrogens is 222 g/mol. The fourth-order valence-electron chi connectivity index (χ4n) is 1.73. The van der Waals surface area contributed by atoms with E-state index >= 15 is 0 Å². The summed E-state index contributed by atoms with van der Waals surface area (Å²) in [6, 6.07) is 4.03. The average Bonchev–Trinajstić information content (AvgIpc) is 2.30. The predicted molar refractivity (Wildman–Crippen MR) is 69.8 cm³/mol. The van der Waals surface area contributed by atoms with Crippen molar-refractivity contribution in [3.05, 3.63) is 23.3 Å². The lowest BCUT2D eigenvalue weighted by Gasteiger charge is -2.14. The third-order valence-corrected chi connectivity index (χ3v) is 2.77. The number of nitrogens with one attached hydrogen (secondary N) is 1. The lowest BCUT2D eigenvalue weighted by molar-refractivity contribution is 0.385. The highest BCUT2D eigenvalue weighted by Gasteiger charge is 2.10. The van der Waals surface area contributed by atoms with Crippen LogP contribution in [0.15, 0.2) is 12.1 Å². The van der Waals surface area contributed by atoms with Crippen LogP contribution in [0.1, 0.15) is 11.1 Å². The van der Waals surface area contributed by atoms with Gasteiger partial charge in [-0.2, -0.15) is 12.6 Å². The van der Waals surface area contributed by atoms with Gasteiger partial charge in [0.25, 0.3) is 0 Å². The number of ether oxygens (including phenoxy) is 2. The molecule has 0 aliphatic carbocycles. The number of hydrogen-bond donors (Lipinski definition) is 2. The van der Waals surface area contributed by atoms with E-state index in [0.29, 0.717) is 5.88 Å². The van der Waals surface area contributed by atoms with Crippen LogP contribution in [0.2, 0.25) is 0 Å². The van der Waals surface area contributed by atoms with E-state index in [9.17, 15) is 0 Å². The molecule has 0 bridgehead atoms. The van der Waals surface area contributed by atoms with E-state index < -0.39 is 0 Å². The quantitative estimate of drug-likeness (QED) is 0.454. The summed E-state index contributed by atoms with van der Waals surface area (Å²) in [6.07, 6.45) is 0.925. The zero-order chi connectivity index (χ0) is 12.0. The van der Waals surface area contributed by atoms with Gasteiger partial charge in [0.2, 0.25) is 0 Å². The highest BCUT2D eigenvalue weighted by molar-refractivity contribution is 7.80. The molecule has 16 heavy (non-hydrogen) atoms. The molecule has 1 aromatic rings. The second-order valence-corrected chi connectivity index (χ2v) is 3.81. The van der Waals surface area contributed by atoms with Gasteiger partial charge in [0.15, 0.2) is 0 Å². The van der Waals surface area contributed by atoms with E-state index in [1.165, 1.54) is 5.56 Å². The van der Waals surface area contributed by atoms with Gasteiger partial charge in [-0.3, -0.25) is 0 Å². The van der Waals surface area contributed by atoms with Crippen molar-refractivity contribution in [2.24, 2.45) is 0 Å². The molecule has 0 saturated carbocycles. The number of hydrogen-bond acceptors (Lipinski definition) is 4. The molecule has 4 heteroatoms. The maximum absolute atomic E-state index is 5.42. The maximum atomic E-state index is 5.42. The Balaban J connectivity index is 2.88. The zero-order valence-electron chi connectivity index (χ0n) is 10.0. The van der Waals surface area contributed by atoms with Crippen molar-refractivity contribution in [3.8, 4) is 11.5 Å². The van der Waals surface area contributed by atoms with Crippen molar-refractivity contribution < 1.29 is 9.47 Å². The molecule has 1 rings (SSSR count). The lowest BCUT2D eigenvalue weighted by atomic mass is 10.1. The molecule has 0 radical (unpaired) electrons. The van der Waals surface area contributed by atoms with Gasteiger partial charge >= 0.3 is 0 Å². The third-order valence-electron chi connectivity index (χ3n) is 2.54. The minimum Gasteiger partial charge on any atom is -0.496 e. The monoisotopic (exact) mass is 241 g/mol. The maximum Gasteiger partial charge on any atom is 0.128 e. The van der Waals surface area contributed by atoms with Gasteiger partial charge in [0.05, 0.1) is 14.2 Å². The molecule has 0 aliphatic heterocycles. The van der Waals surface area contributed by atoms with E-state index in [4.69, 9.17) is 9.47 Å². The number of methoxy groups -OCH3 is 2. The summed E-state index contributed by atoms with van der Waals surface area (Å²) in [4.78, 5) is 0. The van der Waals surface area contributed by atoms with Gasteiger partial charge < -0.3 is 14.8 Å². The fourth-order valence-corrected chi connectivity index (χ4v) is 1.89. The Morgan fingerprint density at radius 1 is 1.25 bits per heavy atom. The standard InChI is InChI=1S/C12H19NO2S/c1-9-11(14-2)5-4-10(12(9)15-3)6-7-13-8-16/h4-5,13,16H,6-8H2,1-3H3. The molecule has 0 saturated heterocycles. The van der Waals surface area contributed by atoms with Crippen molar-refractivity contribution in [2.75, 3.05) is 26.6 Å². The van der Waals surface area contributed by atoms with Gasteiger partial charge in [-0.25, -0.2) is 0 Å². The molecule has 90 valence electrons. The lowest BCUT2D eigenvalue weighted by Crippen LogP contribution is -2.15. The molecule has 3 nitrogen and oxygen atoms in total. The van der Waals surface area contributed by atoms with E-state index in [0.717, 1.165) is 30.0 Å². The van der Waals surface area contributed by atoms with Crippen molar-refractivity contribution in [1.82, 2.24) is 5.32 Å². The van der Waals surface area contributed by atoms with E-state index in [1.807, 2.05) is 19.1 Å². The highest BCUT2D eigenvalue weighted by Crippen LogP contribution is 2.31. The molecule has 0 heterocycles. The van der Waals surface area contributed by atoms with E-state index in [1.54, 1.807) is 14.2 Å². The van der Waals surface area contributed by atoms with Gasteiger partial charge in [0, 0.05) is 18.0 Å². The van der Waals surface area contributed by atoms with Crippen molar-refractivity contribution >= 4 is 12.6 Å². The minimum absolute atomic E-state index is 0.692. The van der Waals surface area contributed by atoms with Crippen LogP contribution in [0.25, 0.3) is 0 Å². The first kappa shape index (κ1) is 13.2.